The fourth-order valence-corrected chi connectivity index (χ4v) is 1.62. The van der Waals surface area contributed by atoms with E-state index in [0.29, 0.717) is 18.2 Å². The molecule has 0 aliphatic rings. The normalized spacial score (nSPS) is 10.2. The maximum atomic E-state index is 6.04. The van der Waals surface area contributed by atoms with Crippen molar-refractivity contribution >= 4 is 11.6 Å². The second-order valence-electron chi connectivity index (χ2n) is 3.57. The van der Waals surface area contributed by atoms with Crippen LogP contribution in [0.25, 0.3) is 0 Å². The lowest BCUT2D eigenvalue weighted by atomic mass is 10.2. The molecule has 4 heteroatoms. The molecule has 0 unspecified atom stereocenters. The minimum Gasteiger partial charge on any atom is -0.489 e. The summed E-state index contributed by atoms with van der Waals surface area (Å²) in [6, 6.07) is 11.2. The zero-order valence-electron chi connectivity index (χ0n) is 9.27. The van der Waals surface area contributed by atoms with E-state index in [4.69, 9.17) is 22.1 Å². The van der Waals surface area contributed by atoms with Crippen molar-refractivity contribution in [2.24, 2.45) is 5.73 Å². The summed E-state index contributed by atoms with van der Waals surface area (Å²) in [6.07, 6.45) is 1.68. The minimum atomic E-state index is 0.406. The van der Waals surface area contributed by atoms with Gasteiger partial charge in [0, 0.05) is 29.4 Å². The SMILES string of the molecule is NCc1cc(OCc2ccccc2Cl)ccn1. The Labute approximate surface area is 105 Å². The van der Waals surface area contributed by atoms with Gasteiger partial charge in [-0.1, -0.05) is 29.8 Å². The highest BCUT2D eigenvalue weighted by atomic mass is 35.5. The summed E-state index contributed by atoms with van der Waals surface area (Å²) in [5.74, 6) is 0.750. The summed E-state index contributed by atoms with van der Waals surface area (Å²) in [5.41, 5.74) is 7.28. The highest BCUT2D eigenvalue weighted by Gasteiger charge is 2.01. The number of aromatic nitrogens is 1. The lowest BCUT2D eigenvalue weighted by Crippen LogP contribution is -2.01. The third kappa shape index (κ3) is 3.19. The van der Waals surface area contributed by atoms with E-state index in [2.05, 4.69) is 4.98 Å². The fraction of sp³-hybridized carbons (Fsp3) is 0.154. The van der Waals surface area contributed by atoms with E-state index >= 15 is 0 Å². The molecule has 88 valence electrons. The summed E-state index contributed by atoms with van der Waals surface area (Å²) >= 11 is 6.04. The molecule has 0 saturated heterocycles. The molecule has 0 aliphatic carbocycles. The van der Waals surface area contributed by atoms with Gasteiger partial charge >= 0.3 is 0 Å². The molecule has 2 N–H and O–H groups in total. The van der Waals surface area contributed by atoms with Gasteiger partial charge in [0.05, 0.1) is 5.69 Å². The van der Waals surface area contributed by atoms with E-state index in [9.17, 15) is 0 Å². The second-order valence-corrected chi connectivity index (χ2v) is 3.97. The van der Waals surface area contributed by atoms with Crippen molar-refractivity contribution in [3.63, 3.8) is 0 Å². The van der Waals surface area contributed by atoms with Crippen LogP contribution in [-0.4, -0.2) is 4.98 Å². The van der Waals surface area contributed by atoms with E-state index in [1.165, 1.54) is 0 Å². The monoisotopic (exact) mass is 248 g/mol. The molecular formula is C13H13ClN2O. The second kappa shape index (κ2) is 5.66. The molecule has 0 bridgehead atoms. The van der Waals surface area contributed by atoms with Crippen LogP contribution in [0.5, 0.6) is 5.75 Å². The van der Waals surface area contributed by atoms with Gasteiger partial charge in [0.15, 0.2) is 0 Å². The van der Waals surface area contributed by atoms with Gasteiger partial charge in [-0.2, -0.15) is 0 Å². The maximum absolute atomic E-state index is 6.04. The fourth-order valence-electron chi connectivity index (χ4n) is 1.43. The largest absolute Gasteiger partial charge is 0.489 e. The number of hydrogen-bond donors (Lipinski definition) is 1. The Morgan fingerprint density at radius 1 is 1.24 bits per heavy atom. The van der Waals surface area contributed by atoms with Crippen LogP contribution in [0.15, 0.2) is 42.6 Å². The van der Waals surface area contributed by atoms with Gasteiger partial charge in [0.25, 0.3) is 0 Å². The van der Waals surface area contributed by atoms with E-state index in [0.717, 1.165) is 17.0 Å². The molecule has 0 atom stereocenters. The number of nitrogens with zero attached hydrogens (tertiary/aromatic N) is 1. The maximum Gasteiger partial charge on any atom is 0.123 e. The first kappa shape index (κ1) is 11.9. The molecule has 0 spiro atoms. The molecule has 0 saturated carbocycles. The molecule has 3 nitrogen and oxygen atoms in total. The van der Waals surface area contributed by atoms with E-state index in [-0.39, 0.29) is 0 Å². The summed E-state index contributed by atoms with van der Waals surface area (Å²) in [5, 5.41) is 0.709. The number of pyridine rings is 1. The Morgan fingerprint density at radius 2 is 2.06 bits per heavy atom. The number of nitrogens with two attached hydrogens (primary N) is 1. The smallest absolute Gasteiger partial charge is 0.123 e. The van der Waals surface area contributed by atoms with Crippen LogP contribution in [0.2, 0.25) is 5.02 Å². The molecule has 0 radical (unpaired) electrons. The quantitative estimate of drug-likeness (QED) is 0.905. The van der Waals surface area contributed by atoms with Crippen molar-refractivity contribution in [2.75, 3.05) is 0 Å². The minimum absolute atomic E-state index is 0.406. The van der Waals surface area contributed by atoms with Gasteiger partial charge in [-0.15, -0.1) is 0 Å². The predicted molar refractivity (Wildman–Crippen MR) is 67.9 cm³/mol. The van der Waals surface area contributed by atoms with Crippen molar-refractivity contribution in [1.82, 2.24) is 4.98 Å². The molecule has 0 aliphatic heterocycles. The van der Waals surface area contributed by atoms with Crippen molar-refractivity contribution < 1.29 is 4.74 Å². The lowest BCUT2D eigenvalue weighted by Gasteiger charge is -2.08. The van der Waals surface area contributed by atoms with Crippen LogP contribution in [0, 0.1) is 0 Å². The molecule has 0 amide bonds. The average molecular weight is 249 g/mol. The van der Waals surface area contributed by atoms with Gasteiger partial charge in [-0.05, 0) is 12.1 Å². The Bertz CT molecular complexity index is 502. The molecule has 2 aromatic rings. The molecule has 1 aromatic heterocycles. The number of rotatable bonds is 4. The van der Waals surface area contributed by atoms with E-state index in [1.54, 1.807) is 12.3 Å². The summed E-state index contributed by atoms with van der Waals surface area (Å²) in [4.78, 5) is 4.10. The average Bonchev–Trinajstić information content (AvgIpc) is 2.38. The Hall–Kier alpha value is -1.58. The lowest BCUT2D eigenvalue weighted by molar-refractivity contribution is 0.305. The highest BCUT2D eigenvalue weighted by Crippen LogP contribution is 2.18. The first-order valence-corrected chi connectivity index (χ1v) is 5.68. The van der Waals surface area contributed by atoms with Gasteiger partial charge < -0.3 is 10.5 Å². The molecule has 1 heterocycles. The van der Waals surface area contributed by atoms with Crippen LogP contribution in [0.1, 0.15) is 11.3 Å². The third-order valence-corrected chi connectivity index (χ3v) is 2.72. The zero-order valence-corrected chi connectivity index (χ0v) is 10.0. The molecule has 17 heavy (non-hydrogen) atoms. The van der Waals surface area contributed by atoms with Crippen LogP contribution >= 0.6 is 11.6 Å². The number of halogens is 1. The standard InChI is InChI=1S/C13H13ClN2O/c14-13-4-2-1-3-10(13)9-17-12-5-6-16-11(7-12)8-15/h1-7H,8-9,15H2. The molecule has 0 fully saturated rings. The van der Waals surface area contributed by atoms with Crippen molar-refractivity contribution in [2.45, 2.75) is 13.2 Å². The summed E-state index contributed by atoms with van der Waals surface area (Å²) in [7, 11) is 0. The van der Waals surface area contributed by atoms with E-state index < -0.39 is 0 Å². The first-order chi connectivity index (χ1) is 8.29. The number of ether oxygens (including phenoxy) is 1. The Morgan fingerprint density at radius 3 is 2.82 bits per heavy atom. The topological polar surface area (TPSA) is 48.1 Å². The van der Waals surface area contributed by atoms with Crippen LogP contribution in [0.4, 0.5) is 0 Å². The predicted octanol–water partition coefficient (Wildman–Crippen LogP) is 2.77. The van der Waals surface area contributed by atoms with Gasteiger partial charge in [0.1, 0.15) is 12.4 Å². The van der Waals surface area contributed by atoms with Gasteiger partial charge in [0.2, 0.25) is 0 Å². The summed E-state index contributed by atoms with van der Waals surface area (Å²) in [6.45, 7) is 0.844. The van der Waals surface area contributed by atoms with Gasteiger partial charge in [-0.25, -0.2) is 0 Å². The van der Waals surface area contributed by atoms with E-state index in [1.807, 2.05) is 30.3 Å². The summed E-state index contributed by atoms with van der Waals surface area (Å²) < 4.78 is 5.64. The third-order valence-electron chi connectivity index (χ3n) is 2.35. The van der Waals surface area contributed by atoms with Crippen LogP contribution in [0.3, 0.4) is 0 Å². The Kier molecular flexibility index (Phi) is 3.96. The van der Waals surface area contributed by atoms with Crippen molar-refractivity contribution in [3.8, 4) is 5.75 Å². The highest BCUT2D eigenvalue weighted by molar-refractivity contribution is 6.31. The molecule has 2 rings (SSSR count). The van der Waals surface area contributed by atoms with Crippen molar-refractivity contribution in [1.29, 1.82) is 0 Å². The van der Waals surface area contributed by atoms with Crippen molar-refractivity contribution in [3.05, 3.63) is 58.9 Å². The number of hydrogen-bond acceptors (Lipinski definition) is 3. The number of benzene rings is 1. The zero-order chi connectivity index (χ0) is 12.1. The van der Waals surface area contributed by atoms with Crippen LogP contribution in [-0.2, 0) is 13.2 Å². The van der Waals surface area contributed by atoms with Gasteiger partial charge in [-0.3, -0.25) is 4.98 Å². The Balaban J connectivity index is 2.05. The molecule has 1 aromatic carbocycles. The van der Waals surface area contributed by atoms with Crippen LogP contribution < -0.4 is 10.5 Å². The molecular weight excluding hydrogens is 236 g/mol. The first-order valence-electron chi connectivity index (χ1n) is 5.31.